The van der Waals surface area contributed by atoms with Crippen molar-refractivity contribution in [3.8, 4) is 0 Å². The van der Waals surface area contributed by atoms with Crippen molar-refractivity contribution in [3.05, 3.63) is 0 Å². The van der Waals surface area contributed by atoms with Crippen molar-refractivity contribution in [2.75, 3.05) is 46.3 Å². The third-order valence-electron chi connectivity index (χ3n) is 3.63. The Morgan fingerprint density at radius 1 is 1.48 bits per heavy atom. The molecule has 1 atom stereocenters. The van der Waals surface area contributed by atoms with Crippen LogP contribution in [0.3, 0.4) is 0 Å². The van der Waals surface area contributed by atoms with Crippen molar-refractivity contribution >= 4 is 5.96 Å². The molecule has 1 heterocycles. The lowest BCUT2D eigenvalue weighted by molar-refractivity contribution is -0.142. The molecule has 0 aromatic carbocycles. The fourth-order valence-corrected chi connectivity index (χ4v) is 2.54. The van der Waals surface area contributed by atoms with Gasteiger partial charge in [0.05, 0.1) is 13.1 Å². The van der Waals surface area contributed by atoms with Crippen LogP contribution in [0.2, 0.25) is 0 Å². The van der Waals surface area contributed by atoms with Crippen molar-refractivity contribution in [1.29, 1.82) is 0 Å². The van der Waals surface area contributed by atoms with Gasteiger partial charge in [-0.15, -0.1) is 0 Å². The molecule has 1 fully saturated rings. The Hall–Kier alpha value is -1.02. The summed E-state index contributed by atoms with van der Waals surface area (Å²) in [5, 5.41) is 2.86. The van der Waals surface area contributed by atoms with Crippen LogP contribution in [0.1, 0.15) is 19.8 Å². The highest BCUT2D eigenvalue weighted by molar-refractivity contribution is 5.77. The number of aliphatic imine (C=N–C) groups is 1. The van der Waals surface area contributed by atoms with Gasteiger partial charge in [0.1, 0.15) is 0 Å². The third kappa shape index (κ3) is 7.52. The van der Waals surface area contributed by atoms with Gasteiger partial charge in [0.2, 0.25) is 0 Å². The molecule has 1 rings (SSSR count). The summed E-state index contributed by atoms with van der Waals surface area (Å²) < 4.78 is 36.4. The summed E-state index contributed by atoms with van der Waals surface area (Å²) >= 11 is 0. The quantitative estimate of drug-likeness (QED) is 0.541. The van der Waals surface area contributed by atoms with E-state index in [0.717, 1.165) is 19.5 Å². The predicted molar refractivity (Wildman–Crippen MR) is 78.3 cm³/mol. The second kappa shape index (κ2) is 8.43. The average Bonchev–Trinajstić information content (AvgIpc) is 2.81. The SMILES string of the molecule is CCN1CCCC1CN=C(N)NCCN(C)CC(F)(F)F. The standard InChI is InChI=1S/C13H26F3N5/c1-3-21-7-4-5-11(21)9-19-12(17)18-6-8-20(2)10-13(14,15)16/h11H,3-10H2,1-2H3,(H3,17,18,19). The molecule has 0 spiro atoms. The molecule has 5 nitrogen and oxygen atoms in total. The van der Waals surface area contributed by atoms with E-state index in [2.05, 4.69) is 22.1 Å². The summed E-state index contributed by atoms with van der Waals surface area (Å²) in [4.78, 5) is 7.85. The lowest BCUT2D eigenvalue weighted by Crippen LogP contribution is -2.40. The molecule has 0 aliphatic carbocycles. The smallest absolute Gasteiger partial charge is 0.370 e. The molecule has 1 aliphatic rings. The van der Waals surface area contributed by atoms with Crippen LogP contribution in [0, 0.1) is 0 Å². The number of rotatable bonds is 7. The van der Waals surface area contributed by atoms with Crippen LogP contribution >= 0.6 is 0 Å². The van der Waals surface area contributed by atoms with Gasteiger partial charge in [-0.05, 0) is 33.0 Å². The first-order valence-corrected chi connectivity index (χ1v) is 7.35. The van der Waals surface area contributed by atoms with Gasteiger partial charge in [-0.2, -0.15) is 13.2 Å². The van der Waals surface area contributed by atoms with Gasteiger partial charge >= 0.3 is 6.18 Å². The summed E-state index contributed by atoms with van der Waals surface area (Å²) in [6, 6.07) is 0.434. The molecule has 0 aromatic heterocycles. The van der Waals surface area contributed by atoms with E-state index in [9.17, 15) is 13.2 Å². The molecular formula is C13H26F3N5. The van der Waals surface area contributed by atoms with E-state index in [1.165, 1.54) is 18.4 Å². The number of likely N-dealkylation sites (tertiary alicyclic amines) is 1. The second-order valence-corrected chi connectivity index (χ2v) is 5.43. The minimum atomic E-state index is -4.17. The van der Waals surface area contributed by atoms with Gasteiger partial charge in [-0.25, -0.2) is 0 Å². The Morgan fingerprint density at radius 3 is 2.81 bits per heavy atom. The van der Waals surface area contributed by atoms with E-state index in [1.807, 2.05) is 0 Å². The lowest BCUT2D eigenvalue weighted by Gasteiger charge is -2.21. The summed E-state index contributed by atoms with van der Waals surface area (Å²) in [6.07, 6.45) is -1.86. The monoisotopic (exact) mass is 309 g/mol. The Labute approximate surface area is 124 Å². The minimum Gasteiger partial charge on any atom is -0.370 e. The van der Waals surface area contributed by atoms with Crippen LogP contribution in [-0.2, 0) is 0 Å². The molecular weight excluding hydrogens is 283 g/mol. The molecule has 0 saturated carbocycles. The maximum Gasteiger partial charge on any atom is 0.401 e. The second-order valence-electron chi connectivity index (χ2n) is 5.43. The number of hydrogen-bond donors (Lipinski definition) is 2. The van der Waals surface area contributed by atoms with E-state index in [-0.39, 0.29) is 6.54 Å². The van der Waals surface area contributed by atoms with E-state index < -0.39 is 12.7 Å². The van der Waals surface area contributed by atoms with Crippen molar-refractivity contribution in [2.45, 2.75) is 32.0 Å². The first kappa shape index (κ1) is 18.0. The summed E-state index contributed by atoms with van der Waals surface area (Å²) in [7, 11) is 1.43. The molecule has 0 aromatic rings. The number of nitrogens with zero attached hydrogens (tertiary/aromatic N) is 3. The van der Waals surface area contributed by atoms with Crippen LogP contribution in [-0.4, -0.2) is 74.3 Å². The number of nitrogens with one attached hydrogen (secondary N) is 1. The fourth-order valence-electron chi connectivity index (χ4n) is 2.54. The zero-order valence-electron chi connectivity index (χ0n) is 12.8. The molecule has 0 radical (unpaired) electrons. The first-order chi connectivity index (χ1) is 9.81. The number of likely N-dealkylation sites (N-methyl/N-ethyl adjacent to an activating group) is 2. The van der Waals surface area contributed by atoms with Crippen molar-refractivity contribution in [1.82, 2.24) is 15.1 Å². The summed E-state index contributed by atoms with van der Waals surface area (Å²) in [6.45, 7) is 4.58. The number of halogens is 3. The van der Waals surface area contributed by atoms with Crippen LogP contribution in [0.15, 0.2) is 4.99 Å². The van der Waals surface area contributed by atoms with E-state index in [1.54, 1.807) is 0 Å². The van der Waals surface area contributed by atoms with Gasteiger partial charge in [-0.3, -0.25) is 14.8 Å². The Morgan fingerprint density at radius 2 is 2.19 bits per heavy atom. The molecule has 1 saturated heterocycles. The predicted octanol–water partition coefficient (Wildman–Crippen LogP) is 0.869. The molecule has 0 bridgehead atoms. The highest BCUT2D eigenvalue weighted by Crippen LogP contribution is 2.16. The fraction of sp³-hybridized carbons (Fsp3) is 0.923. The zero-order valence-corrected chi connectivity index (χ0v) is 12.8. The molecule has 8 heteroatoms. The highest BCUT2D eigenvalue weighted by Gasteiger charge is 2.28. The summed E-state index contributed by atoms with van der Waals surface area (Å²) in [5.41, 5.74) is 5.73. The van der Waals surface area contributed by atoms with Crippen molar-refractivity contribution < 1.29 is 13.2 Å². The molecule has 21 heavy (non-hydrogen) atoms. The Balaban J connectivity index is 2.21. The van der Waals surface area contributed by atoms with Gasteiger partial charge in [0.15, 0.2) is 5.96 Å². The normalized spacial score (nSPS) is 21.2. The molecule has 1 aliphatic heterocycles. The maximum atomic E-state index is 12.1. The molecule has 0 amide bonds. The zero-order chi connectivity index (χ0) is 15.9. The number of alkyl halides is 3. The third-order valence-corrected chi connectivity index (χ3v) is 3.63. The van der Waals surface area contributed by atoms with Gasteiger partial charge in [-0.1, -0.05) is 6.92 Å². The number of hydrogen-bond acceptors (Lipinski definition) is 3. The molecule has 1 unspecified atom stereocenters. The Bertz CT molecular complexity index is 332. The topological polar surface area (TPSA) is 56.9 Å². The highest BCUT2D eigenvalue weighted by atomic mass is 19.4. The largest absolute Gasteiger partial charge is 0.401 e. The number of nitrogens with two attached hydrogens (primary N) is 1. The van der Waals surface area contributed by atoms with Crippen LogP contribution in [0.5, 0.6) is 0 Å². The van der Waals surface area contributed by atoms with E-state index in [4.69, 9.17) is 5.73 Å². The van der Waals surface area contributed by atoms with Gasteiger partial charge in [0, 0.05) is 19.1 Å². The van der Waals surface area contributed by atoms with Crippen molar-refractivity contribution in [3.63, 3.8) is 0 Å². The average molecular weight is 309 g/mol. The molecule has 124 valence electrons. The minimum absolute atomic E-state index is 0.264. The summed E-state index contributed by atoms with van der Waals surface area (Å²) in [5.74, 6) is 0.304. The van der Waals surface area contributed by atoms with Crippen molar-refractivity contribution in [2.24, 2.45) is 10.7 Å². The van der Waals surface area contributed by atoms with Crippen LogP contribution in [0.25, 0.3) is 0 Å². The Kier molecular flexibility index (Phi) is 7.24. The first-order valence-electron chi connectivity index (χ1n) is 7.35. The van der Waals surface area contributed by atoms with Gasteiger partial charge < -0.3 is 11.1 Å². The van der Waals surface area contributed by atoms with E-state index >= 15 is 0 Å². The number of guanidine groups is 1. The van der Waals surface area contributed by atoms with E-state index in [0.29, 0.717) is 25.1 Å². The van der Waals surface area contributed by atoms with Crippen LogP contribution in [0.4, 0.5) is 13.2 Å². The molecule has 3 N–H and O–H groups in total. The maximum absolute atomic E-state index is 12.1. The van der Waals surface area contributed by atoms with Gasteiger partial charge in [0.25, 0.3) is 0 Å². The lowest BCUT2D eigenvalue weighted by atomic mass is 10.2. The van der Waals surface area contributed by atoms with Crippen LogP contribution < -0.4 is 11.1 Å².